The molecular weight excluding hydrogens is 426 g/mol. The van der Waals surface area contributed by atoms with Crippen LogP contribution in [0.3, 0.4) is 0 Å². The maximum Gasteiger partial charge on any atom is 0.227 e. The molecule has 0 amide bonds. The molecule has 31 heavy (non-hydrogen) atoms. The summed E-state index contributed by atoms with van der Waals surface area (Å²) in [5.74, 6) is 0.0485. The average molecular weight is 464 g/mol. The fourth-order valence-electron chi connectivity index (χ4n) is 3.21. The Labute approximate surface area is 189 Å². The van der Waals surface area contributed by atoms with Crippen molar-refractivity contribution in [1.29, 1.82) is 0 Å². The number of ether oxygens (including phenoxy) is 1. The molecular formula is C22H37N3O4Si2. The van der Waals surface area contributed by atoms with E-state index in [0.29, 0.717) is 23.7 Å². The van der Waals surface area contributed by atoms with Gasteiger partial charge in [0.25, 0.3) is 0 Å². The zero-order valence-corrected chi connectivity index (χ0v) is 22.0. The van der Waals surface area contributed by atoms with Gasteiger partial charge in [-0.25, -0.2) is 0 Å². The zero-order valence-electron chi connectivity index (χ0n) is 19.5. The lowest BCUT2D eigenvalue weighted by atomic mass is 10.0. The Morgan fingerprint density at radius 2 is 1.61 bits per heavy atom. The van der Waals surface area contributed by atoms with Crippen LogP contribution in [0.25, 0.3) is 0 Å². The molecule has 3 fully saturated rings. The molecule has 0 aromatic carbocycles. The minimum atomic E-state index is -1.24. The highest BCUT2D eigenvalue weighted by atomic mass is 28.4. The smallest absolute Gasteiger partial charge is 0.227 e. The number of Topliss-reactive ketones (excluding diaryl/α,β-unsaturated/α-hetero) is 1. The van der Waals surface area contributed by atoms with Gasteiger partial charge in [0.15, 0.2) is 8.32 Å². The topological polar surface area (TPSA) is 61.6 Å². The molecule has 0 radical (unpaired) electrons. The first-order valence-corrected chi connectivity index (χ1v) is 16.3. The molecule has 7 nitrogen and oxygen atoms in total. The molecule has 0 N–H and O–H groups in total. The average Bonchev–Trinajstić information content (AvgIpc) is 3.55. The summed E-state index contributed by atoms with van der Waals surface area (Å²) >= 11 is 0. The Morgan fingerprint density at radius 1 is 1.03 bits per heavy atom. The van der Waals surface area contributed by atoms with Gasteiger partial charge in [-0.05, 0) is 39.0 Å². The zero-order chi connectivity index (χ0) is 22.6. The number of carbonyl (C=O) groups excluding carboxylic acids is 2. The predicted molar refractivity (Wildman–Crippen MR) is 128 cm³/mol. The molecule has 1 aliphatic carbocycles. The fraction of sp³-hybridized carbons (Fsp3) is 0.636. The quantitative estimate of drug-likeness (QED) is 0.151. The first kappa shape index (κ1) is 24.0. The number of hydrogen-bond donors (Lipinski definition) is 0. The van der Waals surface area contributed by atoms with Crippen LogP contribution in [0.4, 0.5) is 0 Å². The van der Waals surface area contributed by atoms with Crippen LogP contribution in [0.15, 0.2) is 35.3 Å². The van der Waals surface area contributed by atoms with Crippen molar-refractivity contribution in [1.82, 2.24) is 14.7 Å². The van der Waals surface area contributed by atoms with E-state index in [-0.39, 0.29) is 21.3 Å². The number of nitrogens with zero attached hydrogens (tertiary/aromatic N) is 3. The van der Waals surface area contributed by atoms with Crippen molar-refractivity contribution in [3.63, 3.8) is 0 Å². The molecule has 3 saturated heterocycles. The van der Waals surface area contributed by atoms with Gasteiger partial charge in [-0.1, -0.05) is 12.2 Å². The van der Waals surface area contributed by atoms with E-state index >= 15 is 0 Å². The second-order valence-corrected chi connectivity index (χ2v) is 16.1. The fourth-order valence-corrected chi connectivity index (χ4v) is 6.64. The molecule has 172 valence electrons. The molecule has 3 aliphatic heterocycles. The van der Waals surface area contributed by atoms with Crippen LogP contribution in [0.2, 0.25) is 25.7 Å². The second kappa shape index (κ2) is 10.3. The normalized spacial score (nSPS) is 20.3. The van der Waals surface area contributed by atoms with Crippen molar-refractivity contribution < 1.29 is 18.4 Å². The molecule has 0 bridgehead atoms. The van der Waals surface area contributed by atoms with Gasteiger partial charge in [0.05, 0.1) is 12.3 Å². The van der Waals surface area contributed by atoms with E-state index in [1.54, 1.807) is 0 Å². The minimum absolute atomic E-state index is 0.00546. The van der Waals surface area contributed by atoms with E-state index in [9.17, 15) is 9.59 Å². The standard InChI is InChI=1S/C12H13N3O2.C10H24O2Si2/c16-9-7-8(13-1-2-13)12(17)11(15-5-6-15)10(9)14-3-4-14;1-10(2)9-11-7-6-8-13-12-14(3,4)5/h7H,1-6H2;1,6-9,13H2,2-5H3. The molecule has 0 spiro atoms. The van der Waals surface area contributed by atoms with Crippen LogP contribution in [0.5, 0.6) is 0 Å². The van der Waals surface area contributed by atoms with E-state index in [0.717, 1.165) is 57.9 Å². The SMILES string of the molecule is C=C(C)COCCC[SiH2]O[Si](C)(C)C.O=C1C=C(N2CC2)C(=O)C(N2CC2)=C1N1CC1. The molecule has 3 heterocycles. The van der Waals surface area contributed by atoms with E-state index in [4.69, 9.17) is 8.85 Å². The van der Waals surface area contributed by atoms with Gasteiger partial charge in [-0.3, -0.25) is 9.59 Å². The number of carbonyl (C=O) groups is 2. The monoisotopic (exact) mass is 463 g/mol. The van der Waals surface area contributed by atoms with Crippen LogP contribution in [-0.2, 0) is 18.4 Å². The number of rotatable bonds is 11. The highest BCUT2D eigenvalue weighted by molar-refractivity contribution is 6.73. The summed E-state index contributed by atoms with van der Waals surface area (Å²) in [6.07, 6.45) is 2.67. The van der Waals surface area contributed by atoms with Gasteiger partial charge in [0.1, 0.15) is 21.2 Å². The Morgan fingerprint density at radius 3 is 2.13 bits per heavy atom. The molecule has 0 atom stereocenters. The van der Waals surface area contributed by atoms with Crippen molar-refractivity contribution in [2.45, 2.75) is 39.0 Å². The highest BCUT2D eigenvalue weighted by Gasteiger charge is 2.43. The third kappa shape index (κ3) is 7.74. The largest absolute Gasteiger partial charge is 0.461 e. The molecule has 0 aromatic rings. The van der Waals surface area contributed by atoms with Gasteiger partial charge < -0.3 is 23.6 Å². The third-order valence-electron chi connectivity index (χ3n) is 5.05. The van der Waals surface area contributed by atoms with Crippen LogP contribution in [0, 0.1) is 0 Å². The molecule has 4 aliphatic rings. The highest BCUT2D eigenvalue weighted by Crippen LogP contribution is 2.33. The summed E-state index contributed by atoms with van der Waals surface area (Å²) in [4.78, 5) is 30.5. The van der Waals surface area contributed by atoms with Gasteiger partial charge in [0, 0.05) is 52.0 Å². The Kier molecular flexibility index (Phi) is 7.95. The molecule has 0 unspecified atom stereocenters. The van der Waals surface area contributed by atoms with Crippen LogP contribution in [0.1, 0.15) is 13.3 Å². The maximum absolute atomic E-state index is 12.4. The second-order valence-electron chi connectivity index (χ2n) is 9.56. The summed E-state index contributed by atoms with van der Waals surface area (Å²) in [5.41, 5.74) is 2.98. The van der Waals surface area contributed by atoms with Crippen molar-refractivity contribution in [3.8, 4) is 0 Å². The third-order valence-corrected chi connectivity index (χ3v) is 10.1. The van der Waals surface area contributed by atoms with Crippen molar-refractivity contribution >= 4 is 29.6 Å². The van der Waals surface area contributed by atoms with Gasteiger partial charge >= 0.3 is 0 Å². The molecule has 9 heteroatoms. The van der Waals surface area contributed by atoms with Crippen molar-refractivity contribution in [3.05, 3.63) is 35.3 Å². The summed E-state index contributed by atoms with van der Waals surface area (Å²) in [7, 11) is -1.52. The number of ketones is 2. The van der Waals surface area contributed by atoms with Gasteiger partial charge in [0.2, 0.25) is 11.6 Å². The summed E-state index contributed by atoms with van der Waals surface area (Å²) in [6.45, 7) is 19.5. The molecule has 4 rings (SSSR count). The van der Waals surface area contributed by atoms with Gasteiger partial charge in [-0.15, -0.1) is 0 Å². The molecule has 0 aromatic heterocycles. The first-order valence-electron chi connectivity index (χ1n) is 11.3. The lowest BCUT2D eigenvalue weighted by Crippen LogP contribution is -2.29. The van der Waals surface area contributed by atoms with Gasteiger partial charge in [-0.2, -0.15) is 0 Å². The van der Waals surface area contributed by atoms with E-state index in [1.807, 2.05) is 21.6 Å². The van der Waals surface area contributed by atoms with E-state index in [2.05, 4.69) is 26.2 Å². The van der Waals surface area contributed by atoms with E-state index < -0.39 is 8.32 Å². The first-order chi connectivity index (χ1) is 14.7. The maximum atomic E-state index is 12.4. The Balaban J connectivity index is 0.000000181. The lowest BCUT2D eigenvalue weighted by molar-refractivity contribution is -0.117. The minimum Gasteiger partial charge on any atom is -0.461 e. The Hall–Kier alpha value is -1.69. The summed E-state index contributed by atoms with van der Waals surface area (Å²) in [5, 5.41) is 0. The van der Waals surface area contributed by atoms with Crippen molar-refractivity contribution in [2.24, 2.45) is 0 Å². The van der Waals surface area contributed by atoms with Crippen LogP contribution >= 0.6 is 0 Å². The lowest BCUT2D eigenvalue weighted by Gasteiger charge is -2.21. The van der Waals surface area contributed by atoms with Crippen LogP contribution in [-0.4, -0.2) is 96.8 Å². The van der Waals surface area contributed by atoms with E-state index in [1.165, 1.54) is 12.1 Å². The number of hydrogen-bond acceptors (Lipinski definition) is 7. The number of allylic oxidation sites excluding steroid dienone is 1. The van der Waals surface area contributed by atoms with Crippen molar-refractivity contribution in [2.75, 3.05) is 52.5 Å². The molecule has 0 saturated carbocycles. The predicted octanol–water partition coefficient (Wildman–Crippen LogP) is 1.50. The van der Waals surface area contributed by atoms with Crippen LogP contribution < -0.4 is 0 Å². The summed E-state index contributed by atoms with van der Waals surface area (Å²) < 4.78 is 11.3. The Bertz CT molecular complexity index is 776. The summed E-state index contributed by atoms with van der Waals surface area (Å²) in [6, 6.07) is 1.24.